The van der Waals surface area contributed by atoms with Gasteiger partial charge >= 0.3 is 0 Å². The van der Waals surface area contributed by atoms with Crippen molar-refractivity contribution >= 4 is 23.2 Å². The maximum Gasteiger partial charge on any atom is 0.246 e. The van der Waals surface area contributed by atoms with Crippen LogP contribution in [0.15, 0.2) is 59.4 Å². The van der Waals surface area contributed by atoms with Gasteiger partial charge in [0.2, 0.25) is 23.5 Å². The van der Waals surface area contributed by atoms with Gasteiger partial charge in [-0.2, -0.15) is 10.1 Å². The molecule has 0 bridgehead atoms. The van der Waals surface area contributed by atoms with Crippen LogP contribution in [0.5, 0.6) is 5.75 Å². The summed E-state index contributed by atoms with van der Waals surface area (Å²) in [4.78, 5) is 28.8. The van der Waals surface area contributed by atoms with Crippen molar-refractivity contribution < 1.29 is 23.2 Å². The predicted molar refractivity (Wildman–Crippen MR) is 125 cm³/mol. The second-order valence-electron chi connectivity index (χ2n) is 7.73. The monoisotopic (exact) mass is 478 g/mol. The van der Waals surface area contributed by atoms with Gasteiger partial charge < -0.3 is 19.9 Å². The Kier molecular flexibility index (Phi) is 7.15. The van der Waals surface area contributed by atoms with Crippen molar-refractivity contribution in [3.05, 3.63) is 72.1 Å². The zero-order chi connectivity index (χ0) is 24.8. The number of aryl methyl sites for hydroxylation is 2. The number of hydrogen-bond acceptors (Lipinski definition) is 7. The van der Waals surface area contributed by atoms with E-state index in [0.717, 1.165) is 0 Å². The fourth-order valence-electron chi connectivity index (χ4n) is 3.24. The molecule has 0 aliphatic rings. The number of carbonyl (C=O) groups excluding carboxylic acids is 2. The number of hydrogen-bond donors (Lipinski definition) is 2. The molecule has 0 aliphatic carbocycles. The van der Waals surface area contributed by atoms with Crippen LogP contribution < -0.4 is 15.4 Å². The van der Waals surface area contributed by atoms with Crippen LogP contribution in [0.4, 0.5) is 15.8 Å². The minimum atomic E-state index is -0.310. The summed E-state index contributed by atoms with van der Waals surface area (Å²) in [5.41, 5.74) is 2.20. The Morgan fingerprint density at radius 1 is 1.09 bits per heavy atom. The van der Waals surface area contributed by atoms with Crippen molar-refractivity contribution in [2.45, 2.75) is 26.3 Å². The second-order valence-corrected chi connectivity index (χ2v) is 7.73. The van der Waals surface area contributed by atoms with E-state index in [1.165, 1.54) is 16.9 Å². The molecule has 0 spiro atoms. The molecule has 0 radical (unpaired) electrons. The van der Waals surface area contributed by atoms with Gasteiger partial charge in [0.15, 0.2) is 0 Å². The number of rotatable bonds is 9. The number of benzene rings is 2. The van der Waals surface area contributed by atoms with E-state index in [9.17, 15) is 14.0 Å². The molecular formula is C24H23FN6O4. The SMILES string of the molecule is COc1ccc(NC(=O)Cn2cc(NC(=O)CCc3nc(-c4ccc(F)c(C)c4)no3)cn2)cc1. The van der Waals surface area contributed by atoms with E-state index in [0.29, 0.717) is 40.0 Å². The smallest absolute Gasteiger partial charge is 0.246 e. The van der Waals surface area contributed by atoms with E-state index in [1.807, 2.05) is 0 Å². The summed E-state index contributed by atoms with van der Waals surface area (Å²) < 4.78 is 25.2. The predicted octanol–water partition coefficient (Wildman–Crippen LogP) is 3.60. The molecule has 180 valence electrons. The lowest BCUT2D eigenvalue weighted by molar-refractivity contribution is -0.117. The van der Waals surface area contributed by atoms with E-state index in [-0.39, 0.29) is 37.0 Å². The van der Waals surface area contributed by atoms with E-state index >= 15 is 0 Å². The normalized spacial score (nSPS) is 10.7. The Balaban J connectivity index is 1.25. The topological polar surface area (TPSA) is 124 Å². The van der Waals surface area contributed by atoms with Crippen LogP contribution in [-0.4, -0.2) is 38.8 Å². The van der Waals surface area contributed by atoms with Gasteiger partial charge in [0.1, 0.15) is 18.1 Å². The van der Waals surface area contributed by atoms with Crippen LogP contribution in [0.3, 0.4) is 0 Å². The van der Waals surface area contributed by atoms with Crippen molar-refractivity contribution in [3.8, 4) is 17.1 Å². The van der Waals surface area contributed by atoms with E-state index in [2.05, 4.69) is 25.9 Å². The molecular weight excluding hydrogens is 455 g/mol. The van der Waals surface area contributed by atoms with Gasteiger partial charge in [0.25, 0.3) is 0 Å². The third-order valence-electron chi connectivity index (χ3n) is 5.05. The zero-order valence-electron chi connectivity index (χ0n) is 19.1. The quantitative estimate of drug-likeness (QED) is 0.377. The summed E-state index contributed by atoms with van der Waals surface area (Å²) >= 11 is 0. The van der Waals surface area contributed by atoms with Crippen LogP contribution in [0.1, 0.15) is 17.9 Å². The number of aromatic nitrogens is 4. The molecule has 4 aromatic rings. The first-order valence-electron chi connectivity index (χ1n) is 10.7. The van der Waals surface area contributed by atoms with Gasteiger partial charge in [0, 0.05) is 30.3 Å². The van der Waals surface area contributed by atoms with Crippen LogP contribution in [0.25, 0.3) is 11.4 Å². The molecule has 0 fully saturated rings. The third kappa shape index (κ3) is 6.28. The van der Waals surface area contributed by atoms with Gasteiger partial charge in [-0.25, -0.2) is 4.39 Å². The molecule has 0 aliphatic heterocycles. The Morgan fingerprint density at radius 3 is 2.60 bits per heavy atom. The minimum Gasteiger partial charge on any atom is -0.497 e. The molecule has 2 aromatic heterocycles. The molecule has 35 heavy (non-hydrogen) atoms. The maximum absolute atomic E-state index is 13.4. The van der Waals surface area contributed by atoms with Gasteiger partial charge in [-0.05, 0) is 55.0 Å². The van der Waals surface area contributed by atoms with E-state index in [1.54, 1.807) is 56.6 Å². The van der Waals surface area contributed by atoms with Crippen molar-refractivity contribution in [1.82, 2.24) is 19.9 Å². The standard InChI is InChI=1S/C24H23FN6O4/c1-15-11-16(3-8-20(15)25)24-29-23(35-30-24)10-9-21(32)28-18-12-26-31(13-18)14-22(33)27-17-4-6-19(34-2)7-5-17/h3-8,11-13H,9-10,14H2,1-2H3,(H,27,33)(H,28,32). The molecule has 2 aromatic carbocycles. The largest absolute Gasteiger partial charge is 0.497 e. The highest BCUT2D eigenvalue weighted by atomic mass is 19.1. The lowest BCUT2D eigenvalue weighted by Gasteiger charge is -2.06. The molecule has 0 saturated heterocycles. The molecule has 2 N–H and O–H groups in total. The van der Waals surface area contributed by atoms with Gasteiger partial charge in [-0.1, -0.05) is 5.16 Å². The summed E-state index contributed by atoms with van der Waals surface area (Å²) in [5, 5.41) is 13.5. The first kappa shape index (κ1) is 23.6. The van der Waals surface area contributed by atoms with Crippen LogP contribution in [0.2, 0.25) is 0 Å². The number of amides is 2. The first-order chi connectivity index (χ1) is 16.9. The summed E-state index contributed by atoms with van der Waals surface area (Å²) in [6, 6.07) is 11.5. The van der Waals surface area contributed by atoms with Crippen LogP contribution in [0, 0.1) is 12.7 Å². The molecule has 2 heterocycles. The zero-order valence-corrected chi connectivity index (χ0v) is 19.1. The number of halogens is 1. The summed E-state index contributed by atoms with van der Waals surface area (Å²) in [7, 11) is 1.57. The highest BCUT2D eigenvalue weighted by Crippen LogP contribution is 2.20. The highest BCUT2D eigenvalue weighted by molar-refractivity contribution is 5.91. The van der Waals surface area contributed by atoms with E-state index in [4.69, 9.17) is 9.26 Å². The number of ether oxygens (including phenoxy) is 1. The lowest BCUT2D eigenvalue weighted by Crippen LogP contribution is -2.19. The minimum absolute atomic E-state index is 0.0183. The van der Waals surface area contributed by atoms with Gasteiger partial charge in [-0.15, -0.1) is 0 Å². The van der Waals surface area contributed by atoms with Gasteiger partial charge in [-0.3, -0.25) is 14.3 Å². The molecule has 11 heteroatoms. The molecule has 2 amide bonds. The third-order valence-corrected chi connectivity index (χ3v) is 5.05. The van der Waals surface area contributed by atoms with Crippen LogP contribution in [-0.2, 0) is 22.6 Å². The molecule has 4 rings (SSSR count). The molecule has 0 atom stereocenters. The number of nitrogens with one attached hydrogen (secondary N) is 2. The average Bonchev–Trinajstić information content (AvgIpc) is 3.49. The van der Waals surface area contributed by atoms with Crippen molar-refractivity contribution in [3.63, 3.8) is 0 Å². The second kappa shape index (κ2) is 10.6. The van der Waals surface area contributed by atoms with Crippen LogP contribution >= 0.6 is 0 Å². The lowest BCUT2D eigenvalue weighted by atomic mass is 10.1. The summed E-state index contributed by atoms with van der Waals surface area (Å²) in [5.74, 6) is 0.471. The molecule has 0 saturated carbocycles. The van der Waals surface area contributed by atoms with Crippen molar-refractivity contribution in [2.24, 2.45) is 0 Å². The number of methoxy groups -OCH3 is 1. The maximum atomic E-state index is 13.4. The Hall–Kier alpha value is -4.54. The number of carbonyl (C=O) groups is 2. The fourth-order valence-corrected chi connectivity index (χ4v) is 3.24. The fraction of sp³-hybridized carbons (Fsp3) is 0.208. The van der Waals surface area contributed by atoms with E-state index < -0.39 is 0 Å². The first-order valence-corrected chi connectivity index (χ1v) is 10.7. The summed E-state index contributed by atoms with van der Waals surface area (Å²) in [6.07, 6.45) is 3.36. The molecule has 10 nitrogen and oxygen atoms in total. The highest BCUT2D eigenvalue weighted by Gasteiger charge is 2.13. The number of nitrogens with zero attached hydrogens (tertiary/aromatic N) is 4. The van der Waals surface area contributed by atoms with Crippen molar-refractivity contribution in [1.29, 1.82) is 0 Å². The Bertz CT molecular complexity index is 1330. The molecule has 0 unspecified atom stereocenters. The number of anilines is 2. The van der Waals surface area contributed by atoms with Crippen molar-refractivity contribution in [2.75, 3.05) is 17.7 Å². The Morgan fingerprint density at radius 2 is 1.86 bits per heavy atom. The average molecular weight is 478 g/mol. The summed E-state index contributed by atoms with van der Waals surface area (Å²) in [6.45, 7) is 1.63. The Labute approximate surface area is 200 Å². The van der Waals surface area contributed by atoms with Gasteiger partial charge in [0.05, 0.1) is 19.0 Å².